The average Bonchev–Trinajstić information content (AvgIpc) is 2.79. The average molecular weight is 238 g/mol. The van der Waals surface area contributed by atoms with Crippen LogP contribution in [0.1, 0.15) is 10.5 Å². The van der Waals surface area contributed by atoms with Gasteiger partial charge in [0.15, 0.2) is 5.78 Å². The van der Waals surface area contributed by atoms with Gasteiger partial charge in [-0.3, -0.25) is 19.3 Å². The molecule has 16 heavy (non-hydrogen) atoms. The summed E-state index contributed by atoms with van der Waals surface area (Å²) in [7, 11) is 1.75. The van der Waals surface area contributed by atoms with Crippen LogP contribution in [-0.4, -0.2) is 38.7 Å². The van der Waals surface area contributed by atoms with Crippen LogP contribution in [0.2, 0.25) is 0 Å². The molecule has 0 N–H and O–H groups in total. The lowest BCUT2D eigenvalue weighted by Gasteiger charge is -2.11. The van der Waals surface area contributed by atoms with E-state index in [4.69, 9.17) is 0 Å². The lowest BCUT2D eigenvalue weighted by Crippen LogP contribution is -2.34. The molecule has 6 heteroatoms. The molecular formula is C10H10N2O3S. The summed E-state index contributed by atoms with van der Waals surface area (Å²) in [4.78, 5) is 35.4. The summed E-state index contributed by atoms with van der Waals surface area (Å²) in [5, 5.41) is -0.340. The summed E-state index contributed by atoms with van der Waals surface area (Å²) in [6.45, 7) is -0.164. The first-order chi connectivity index (χ1) is 7.59. The highest BCUT2D eigenvalue weighted by Crippen LogP contribution is 2.19. The maximum absolute atomic E-state index is 11.8. The Labute approximate surface area is 96.4 Å². The number of carbonyl (C=O) groups is 3. The number of thioether (sulfide) groups is 1. The number of Topliss-reactive ketones (excluding diaryl/α,β-unsaturated/α-hetero) is 1. The van der Waals surface area contributed by atoms with Gasteiger partial charge < -0.3 is 4.57 Å². The molecule has 0 aliphatic carbocycles. The van der Waals surface area contributed by atoms with Gasteiger partial charge in [-0.1, -0.05) is 11.8 Å². The molecule has 1 aliphatic heterocycles. The molecule has 84 valence electrons. The van der Waals surface area contributed by atoms with Gasteiger partial charge in [0, 0.05) is 13.2 Å². The van der Waals surface area contributed by atoms with Crippen LogP contribution < -0.4 is 0 Å². The van der Waals surface area contributed by atoms with Crippen molar-refractivity contribution in [3.63, 3.8) is 0 Å². The van der Waals surface area contributed by atoms with Gasteiger partial charge in [0.1, 0.15) is 0 Å². The van der Waals surface area contributed by atoms with Crippen molar-refractivity contribution in [3.8, 4) is 0 Å². The van der Waals surface area contributed by atoms with Crippen LogP contribution in [0.15, 0.2) is 18.3 Å². The number of imide groups is 1. The van der Waals surface area contributed by atoms with Gasteiger partial charge in [-0.05, 0) is 12.1 Å². The van der Waals surface area contributed by atoms with Crippen LogP contribution in [0.4, 0.5) is 4.79 Å². The number of carbonyl (C=O) groups excluding carboxylic acids is 3. The highest BCUT2D eigenvalue weighted by molar-refractivity contribution is 8.14. The molecule has 2 amide bonds. The normalized spacial score (nSPS) is 15.9. The second-order valence-corrected chi connectivity index (χ2v) is 4.39. The second-order valence-electron chi connectivity index (χ2n) is 3.46. The van der Waals surface area contributed by atoms with Crippen molar-refractivity contribution in [2.75, 3.05) is 12.3 Å². The molecule has 5 nitrogen and oxygen atoms in total. The smallest absolute Gasteiger partial charge is 0.289 e. The summed E-state index contributed by atoms with van der Waals surface area (Å²) in [5.74, 6) is -0.381. The zero-order valence-corrected chi connectivity index (χ0v) is 9.49. The topological polar surface area (TPSA) is 59.4 Å². The first kappa shape index (κ1) is 10.9. The van der Waals surface area contributed by atoms with Gasteiger partial charge in [-0.25, -0.2) is 0 Å². The van der Waals surface area contributed by atoms with E-state index in [1.54, 1.807) is 29.9 Å². The van der Waals surface area contributed by atoms with Crippen LogP contribution in [0.3, 0.4) is 0 Å². The zero-order valence-electron chi connectivity index (χ0n) is 8.67. The predicted molar refractivity (Wildman–Crippen MR) is 59.3 cm³/mol. The Morgan fingerprint density at radius 2 is 2.25 bits per heavy atom. The van der Waals surface area contributed by atoms with Crippen molar-refractivity contribution >= 4 is 28.7 Å². The van der Waals surface area contributed by atoms with Crippen molar-refractivity contribution in [1.82, 2.24) is 9.47 Å². The molecule has 1 aromatic heterocycles. The van der Waals surface area contributed by atoms with Crippen molar-refractivity contribution in [1.29, 1.82) is 0 Å². The van der Waals surface area contributed by atoms with E-state index in [-0.39, 0.29) is 29.2 Å². The number of rotatable bonds is 3. The molecule has 0 unspecified atom stereocenters. The first-order valence-electron chi connectivity index (χ1n) is 4.71. The highest BCUT2D eigenvalue weighted by atomic mass is 32.2. The Hall–Kier alpha value is -1.56. The number of ketones is 1. The molecule has 0 radical (unpaired) electrons. The first-order valence-corrected chi connectivity index (χ1v) is 5.70. The third kappa shape index (κ3) is 1.88. The molecule has 0 aromatic carbocycles. The quantitative estimate of drug-likeness (QED) is 0.734. The lowest BCUT2D eigenvalue weighted by atomic mass is 10.2. The van der Waals surface area contributed by atoms with Crippen molar-refractivity contribution in [2.45, 2.75) is 0 Å². The van der Waals surface area contributed by atoms with Gasteiger partial charge in [0.05, 0.1) is 18.0 Å². The summed E-state index contributed by atoms with van der Waals surface area (Å²) >= 11 is 0.935. The maximum Gasteiger partial charge on any atom is 0.289 e. The van der Waals surface area contributed by atoms with E-state index in [1.165, 1.54) is 0 Å². The lowest BCUT2D eigenvalue weighted by molar-refractivity contribution is -0.124. The van der Waals surface area contributed by atoms with Crippen LogP contribution >= 0.6 is 11.8 Å². The Morgan fingerprint density at radius 1 is 1.50 bits per heavy atom. The number of aryl methyl sites for hydroxylation is 1. The second kappa shape index (κ2) is 4.13. The third-order valence-electron chi connectivity index (χ3n) is 2.37. The Bertz CT molecular complexity index is 450. The molecule has 1 aliphatic rings. The molecule has 2 heterocycles. The van der Waals surface area contributed by atoms with Crippen LogP contribution in [-0.2, 0) is 11.8 Å². The molecular weight excluding hydrogens is 228 g/mol. The van der Waals surface area contributed by atoms with Crippen molar-refractivity contribution in [3.05, 3.63) is 24.0 Å². The molecule has 1 fully saturated rings. The molecule has 0 bridgehead atoms. The number of amides is 2. The fourth-order valence-electron chi connectivity index (χ4n) is 1.51. The van der Waals surface area contributed by atoms with Gasteiger partial charge in [0.25, 0.3) is 5.24 Å². The fourth-order valence-corrected chi connectivity index (χ4v) is 2.23. The Kier molecular flexibility index (Phi) is 2.82. The standard InChI is InChI=1S/C10H10N2O3S/c1-11-4-2-3-7(11)8(13)5-12-9(14)6-16-10(12)15/h2-4H,5-6H2,1H3. The SMILES string of the molecule is Cn1cccc1C(=O)CN1C(=O)CSC1=O. The van der Waals surface area contributed by atoms with Gasteiger partial charge in [-0.2, -0.15) is 0 Å². The van der Waals surface area contributed by atoms with E-state index < -0.39 is 0 Å². The molecule has 1 saturated heterocycles. The third-order valence-corrected chi connectivity index (χ3v) is 3.23. The number of aromatic nitrogens is 1. The summed E-state index contributed by atoms with van der Waals surface area (Å²) in [6.07, 6.45) is 1.75. The van der Waals surface area contributed by atoms with Gasteiger partial charge >= 0.3 is 0 Å². The maximum atomic E-state index is 11.8. The van der Waals surface area contributed by atoms with E-state index in [0.717, 1.165) is 16.7 Å². The molecule has 2 rings (SSSR count). The largest absolute Gasteiger partial charge is 0.348 e. The Balaban J connectivity index is 2.11. The van der Waals surface area contributed by atoms with E-state index in [1.807, 2.05) is 0 Å². The van der Waals surface area contributed by atoms with E-state index in [2.05, 4.69) is 0 Å². The molecule has 1 aromatic rings. The van der Waals surface area contributed by atoms with Crippen molar-refractivity contribution in [2.24, 2.45) is 7.05 Å². The minimum Gasteiger partial charge on any atom is -0.348 e. The molecule has 0 atom stereocenters. The monoisotopic (exact) mass is 238 g/mol. The van der Waals surface area contributed by atoms with Crippen LogP contribution in [0, 0.1) is 0 Å². The van der Waals surface area contributed by atoms with Gasteiger partial charge in [0.2, 0.25) is 5.91 Å². The van der Waals surface area contributed by atoms with E-state index in [0.29, 0.717) is 5.69 Å². The zero-order chi connectivity index (χ0) is 11.7. The minimum atomic E-state index is -0.340. The Morgan fingerprint density at radius 3 is 2.75 bits per heavy atom. The summed E-state index contributed by atoms with van der Waals surface area (Å²) in [6, 6.07) is 3.41. The van der Waals surface area contributed by atoms with E-state index in [9.17, 15) is 14.4 Å². The molecule has 0 spiro atoms. The number of hydrogen-bond donors (Lipinski definition) is 0. The predicted octanol–water partition coefficient (Wildman–Crippen LogP) is 0.903. The van der Waals surface area contributed by atoms with Crippen LogP contribution in [0.5, 0.6) is 0 Å². The van der Waals surface area contributed by atoms with Gasteiger partial charge in [-0.15, -0.1) is 0 Å². The summed E-state index contributed by atoms with van der Waals surface area (Å²) < 4.78 is 1.67. The molecule has 0 saturated carbocycles. The van der Waals surface area contributed by atoms with Crippen LogP contribution in [0.25, 0.3) is 0 Å². The summed E-state index contributed by atoms with van der Waals surface area (Å²) in [5.41, 5.74) is 0.498. The van der Waals surface area contributed by atoms with Crippen molar-refractivity contribution < 1.29 is 14.4 Å². The minimum absolute atomic E-state index is 0.138. The fraction of sp³-hybridized carbons (Fsp3) is 0.300. The number of nitrogens with zero attached hydrogens (tertiary/aromatic N) is 2. The number of hydrogen-bond acceptors (Lipinski definition) is 4. The van der Waals surface area contributed by atoms with E-state index >= 15 is 0 Å². The highest BCUT2D eigenvalue weighted by Gasteiger charge is 2.31.